The molecule has 2 unspecified atom stereocenters. The third kappa shape index (κ3) is 7.06. The van der Waals surface area contributed by atoms with Gasteiger partial charge in [0.2, 0.25) is 0 Å². The van der Waals surface area contributed by atoms with Gasteiger partial charge in [-0.2, -0.15) is 0 Å². The summed E-state index contributed by atoms with van der Waals surface area (Å²) in [6, 6.07) is 20.6. The second kappa shape index (κ2) is 11.2. The molecule has 1 fully saturated rings. The maximum atomic E-state index is 13.6. The monoisotopic (exact) mass is 631 g/mol. The van der Waals surface area contributed by atoms with Gasteiger partial charge >= 0.3 is 230 Å². The first-order chi connectivity index (χ1) is 17.1. The Labute approximate surface area is 228 Å². The predicted octanol–water partition coefficient (Wildman–Crippen LogP) is 6.05. The van der Waals surface area contributed by atoms with Crippen molar-refractivity contribution in [3.8, 4) is 0 Å². The fourth-order valence-corrected chi connectivity index (χ4v) is 15.3. The summed E-state index contributed by atoms with van der Waals surface area (Å²) in [5.41, 5.74) is -0.678. The molecule has 3 rings (SSSR count). The Kier molecular flexibility index (Phi) is 9.07. The fraction of sp³-hybridized carbons (Fsp3) is 0.533. The van der Waals surface area contributed by atoms with E-state index < -0.39 is 38.4 Å². The summed E-state index contributed by atoms with van der Waals surface area (Å²) in [6.45, 7) is 12.5. The van der Waals surface area contributed by atoms with Crippen LogP contribution < -0.4 is 10.4 Å². The van der Waals surface area contributed by atoms with Crippen molar-refractivity contribution in [2.75, 3.05) is 6.61 Å². The fourth-order valence-electron chi connectivity index (χ4n) is 5.50. The number of rotatable bonds is 7. The van der Waals surface area contributed by atoms with Crippen molar-refractivity contribution in [1.82, 2.24) is 4.90 Å². The van der Waals surface area contributed by atoms with Gasteiger partial charge in [-0.3, -0.25) is 0 Å². The molecule has 0 aliphatic carbocycles. The van der Waals surface area contributed by atoms with Gasteiger partial charge < -0.3 is 0 Å². The second-order valence-electron chi connectivity index (χ2n) is 13.5. The Bertz CT molecular complexity index is 1030. The van der Waals surface area contributed by atoms with Crippen LogP contribution in [0.5, 0.6) is 0 Å². The van der Waals surface area contributed by atoms with E-state index >= 15 is 0 Å². The van der Waals surface area contributed by atoms with E-state index in [0.717, 1.165) is 4.44 Å². The van der Waals surface area contributed by atoms with Crippen LogP contribution in [0.1, 0.15) is 48.0 Å². The van der Waals surface area contributed by atoms with Crippen LogP contribution >= 0.6 is 0 Å². The molecular weight excluding hydrogens is 585 g/mol. The molecule has 2 atom stereocenters. The maximum absolute atomic E-state index is 13.6. The molecule has 2 amide bonds. The number of nitrogens with zero attached hydrogens (tertiary/aromatic N) is 1. The molecule has 1 aliphatic rings. The van der Waals surface area contributed by atoms with Crippen LogP contribution in [0.3, 0.4) is 0 Å². The van der Waals surface area contributed by atoms with Crippen LogP contribution in [0.25, 0.3) is 0 Å². The molecule has 0 spiro atoms. The number of ether oxygens (including phenoxy) is 1. The number of carbonyl (C=O) groups is 2. The molecule has 0 aromatic heterocycles. The minimum atomic E-state index is -2.80. The first kappa shape index (κ1) is 29.9. The topological polar surface area (TPSA) is 55.8 Å². The first-order valence-corrected chi connectivity index (χ1v) is 25.9. The van der Waals surface area contributed by atoms with Gasteiger partial charge in [-0.25, -0.2) is 0 Å². The number of likely N-dealkylation sites (tertiary alicyclic amines) is 1. The minimum absolute atomic E-state index is 0.100. The normalized spacial score (nSPS) is 19.3. The molecule has 0 N–H and O–H groups in total. The Morgan fingerprint density at radius 3 is 1.81 bits per heavy atom. The Hall–Kier alpha value is -1.64. The van der Waals surface area contributed by atoms with Gasteiger partial charge in [-0.1, -0.05) is 0 Å². The van der Waals surface area contributed by atoms with Crippen LogP contribution in [0, 0.1) is 5.92 Å². The predicted molar refractivity (Wildman–Crippen MR) is 157 cm³/mol. The summed E-state index contributed by atoms with van der Waals surface area (Å²) in [4.78, 5) is 35.3. The van der Waals surface area contributed by atoms with Gasteiger partial charge in [0.15, 0.2) is 0 Å². The summed E-state index contributed by atoms with van der Waals surface area (Å²) in [7, 11) is -2.80. The number of hydrogen-bond donors (Lipinski definition) is 0. The average molecular weight is 630 g/mol. The van der Waals surface area contributed by atoms with Crippen LogP contribution in [0.15, 0.2) is 60.7 Å². The molecule has 0 saturated carbocycles. The number of amides is 2. The summed E-state index contributed by atoms with van der Waals surface area (Å²) in [5.74, 6) is -0.243. The van der Waals surface area contributed by atoms with E-state index in [-0.39, 0.29) is 22.9 Å². The third-order valence-electron chi connectivity index (χ3n) is 6.87. The molecule has 5 nitrogen and oxygen atoms in total. The van der Waals surface area contributed by atoms with E-state index in [9.17, 15) is 9.59 Å². The van der Waals surface area contributed by atoms with Crippen molar-refractivity contribution >= 4 is 49.1 Å². The van der Waals surface area contributed by atoms with Gasteiger partial charge in [0, 0.05) is 0 Å². The zero-order chi connectivity index (χ0) is 27.6. The SMILES string of the molecule is CC(C)(C)OC(=O)N1C(=O)C([CH2][Sn]([CH3])([CH3])[CH3])CC1CO[Si](c1ccccc1)(c1ccccc1)C(C)(C)C. The molecule has 0 radical (unpaired) electrons. The molecule has 7 heteroatoms. The van der Waals surface area contributed by atoms with E-state index in [1.54, 1.807) is 0 Å². The number of imide groups is 1. The first-order valence-electron chi connectivity index (χ1n) is 13.4. The Morgan fingerprint density at radius 2 is 1.41 bits per heavy atom. The van der Waals surface area contributed by atoms with Crippen molar-refractivity contribution in [2.24, 2.45) is 5.92 Å². The number of benzene rings is 2. The van der Waals surface area contributed by atoms with E-state index in [1.165, 1.54) is 15.3 Å². The second-order valence-corrected chi connectivity index (χ2v) is 33.6. The standard InChI is InChI=1S/C27H36NO4Si.3CH3.Sn/c1-20-18-21(28(24(20)29)25(30)32-26(2,3)4)19-31-33(27(5,6)7,22-14-10-8-11-15-22)23-16-12-9-13-17-23;;;;/h8-17,20-21H,1,18-19H2,2-7H3;3*1H3;. The van der Waals surface area contributed by atoms with Crippen LogP contribution in [-0.2, 0) is 14.0 Å². The zero-order valence-corrected chi connectivity index (χ0v) is 28.0. The summed E-state index contributed by atoms with van der Waals surface area (Å²) in [5, 5.41) is 2.18. The molecule has 1 heterocycles. The van der Waals surface area contributed by atoms with Gasteiger partial charge in [0.05, 0.1) is 0 Å². The molecular formula is C30H45NO4SiSn. The van der Waals surface area contributed by atoms with E-state index in [4.69, 9.17) is 9.16 Å². The Morgan fingerprint density at radius 1 is 0.919 bits per heavy atom. The molecule has 0 bridgehead atoms. The van der Waals surface area contributed by atoms with Crippen LogP contribution in [0.2, 0.25) is 24.3 Å². The molecule has 37 heavy (non-hydrogen) atoms. The summed E-state index contributed by atoms with van der Waals surface area (Å²) < 4.78 is 13.8. The van der Waals surface area contributed by atoms with Crippen molar-refractivity contribution in [3.05, 3.63) is 60.7 Å². The Balaban J connectivity index is 2.03. The van der Waals surface area contributed by atoms with Crippen LogP contribution in [0.4, 0.5) is 4.79 Å². The molecule has 2 aromatic rings. The van der Waals surface area contributed by atoms with Crippen molar-refractivity contribution in [2.45, 2.75) is 83.9 Å². The van der Waals surface area contributed by atoms with Crippen molar-refractivity contribution in [1.29, 1.82) is 0 Å². The number of hydrogen-bond acceptors (Lipinski definition) is 4. The number of carbonyl (C=O) groups excluding carboxylic acids is 2. The van der Waals surface area contributed by atoms with Gasteiger partial charge in [0.1, 0.15) is 0 Å². The molecule has 1 aliphatic heterocycles. The van der Waals surface area contributed by atoms with Gasteiger partial charge in [-0.15, -0.1) is 0 Å². The molecule has 202 valence electrons. The van der Waals surface area contributed by atoms with E-state index in [0.29, 0.717) is 13.0 Å². The molecule has 1 saturated heterocycles. The molecule has 2 aromatic carbocycles. The van der Waals surface area contributed by atoms with Gasteiger partial charge in [0.25, 0.3) is 0 Å². The average Bonchev–Trinajstić information content (AvgIpc) is 3.07. The zero-order valence-electron chi connectivity index (χ0n) is 24.1. The van der Waals surface area contributed by atoms with E-state index in [2.05, 4.69) is 84.1 Å². The van der Waals surface area contributed by atoms with Crippen molar-refractivity contribution < 1.29 is 18.8 Å². The summed E-state index contributed by atoms with van der Waals surface area (Å²) >= 11 is -2.30. The van der Waals surface area contributed by atoms with Crippen molar-refractivity contribution in [3.63, 3.8) is 0 Å². The summed E-state index contributed by atoms with van der Waals surface area (Å²) in [6.07, 6.45) is 0.0740. The van der Waals surface area contributed by atoms with Crippen LogP contribution in [-0.4, -0.2) is 61.8 Å². The van der Waals surface area contributed by atoms with E-state index in [1.807, 2.05) is 32.9 Å². The quantitative estimate of drug-likeness (QED) is 0.350. The third-order valence-corrected chi connectivity index (χ3v) is 16.8. The van der Waals surface area contributed by atoms with Gasteiger partial charge in [-0.05, 0) is 0 Å².